The molecule has 1 amide bonds. The zero-order chi connectivity index (χ0) is 25.4. The molecule has 34 heavy (non-hydrogen) atoms. The standard InChI is InChI=1S/C28H54FNO4/c1-4-7-9-11-12-13-14-15-16-17-19-20-22-24(29)27(32)26(28(33)34-6-3)30-25(31)23-21-18-10-8-5-2/h24,26-27,32H,4-23H2,1-3H3,(H,30,31)/t24-,26-,27-/m0/s1. The number of aliphatic hydroxyl groups is 1. The van der Waals surface area contributed by atoms with Crippen LogP contribution in [0.4, 0.5) is 4.39 Å². The fraction of sp³-hybridized carbons (Fsp3) is 0.929. The van der Waals surface area contributed by atoms with Crippen molar-refractivity contribution in [3.05, 3.63) is 0 Å². The van der Waals surface area contributed by atoms with E-state index in [4.69, 9.17) is 4.74 Å². The molecule has 0 aromatic heterocycles. The number of nitrogens with one attached hydrogen (secondary N) is 1. The molecule has 202 valence electrons. The van der Waals surface area contributed by atoms with E-state index in [2.05, 4.69) is 19.2 Å². The largest absolute Gasteiger partial charge is 0.464 e. The van der Waals surface area contributed by atoms with Crippen LogP contribution in [-0.4, -0.2) is 41.9 Å². The maximum Gasteiger partial charge on any atom is 0.331 e. The minimum Gasteiger partial charge on any atom is -0.464 e. The Hall–Kier alpha value is -1.17. The van der Waals surface area contributed by atoms with Crippen LogP contribution < -0.4 is 5.32 Å². The van der Waals surface area contributed by atoms with Gasteiger partial charge in [-0.15, -0.1) is 0 Å². The monoisotopic (exact) mass is 487 g/mol. The lowest BCUT2D eigenvalue weighted by molar-refractivity contribution is -0.152. The number of carbonyl (C=O) groups excluding carboxylic acids is 2. The molecule has 0 bridgehead atoms. The Balaban J connectivity index is 4.16. The highest BCUT2D eigenvalue weighted by atomic mass is 19.1. The average molecular weight is 488 g/mol. The van der Waals surface area contributed by atoms with Gasteiger partial charge in [0.15, 0.2) is 6.04 Å². The SMILES string of the molecule is CCCCCCCCCCCCCC[C@H](F)[C@H](O)[C@H](NC(=O)CCCCCCC)C(=O)OCC. The maximum atomic E-state index is 14.7. The molecule has 0 rings (SSSR count). The van der Waals surface area contributed by atoms with Crippen molar-refractivity contribution in [3.63, 3.8) is 0 Å². The van der Waals surface area contributed by atoms with Crippen molar-refractivity contribution in [3.8, 4) is 0 Å². The molecule has 0 aromatic rings. The molecule has 6 heteroatoms. The van der Waals surface area contributed by atoms with Gasteiger partial charge in [-0.3, -0.25) is 4.79 Å². The summed E-state index contributed by atoms with van der Waals surface area (Å²) in [6.45, 7) is 6.13. The predicted octanol–water partition coefficient (Wildman–Crippen LogP) is 7.19. The normalized spacial score (nSPS) is 13.9. The second-order valence-corrected chi connectivity index (χ2v) is 9.65. The summed E-state index contributed by atoms with van der Waals surface area (Å²) in [5.41, 5.74) is 0. The number of hydrogen-bond donors (Lipinski definition) is 2. The zero-order valence-electron chi connectivity index (χ0n) is 22.4. The van der Waals surface area contributed by atoms with E-state index in [0.717, 1.165) is 51.4 Å². The van der Waals surface area contributed by atoms with Crippen molar-refractivity contribution in [1.29, 1.82) is 0 Å². The van der Waals surface area contributed by atoms with Crippen LogP contribution in [0.1, 0.15) is 143 Å². The highest BCUT2D eigenvalue weighted by molar-refractivity contribution is 5.85. The number of ether oxygens (including phenoxy) is 1. The molecule has 0 heterocycles. The number of esters is 1. The van der Waals surface area contributed by atoms with Crippen molar-refractivity contribution in [2.75, 3.05) is 6.61 Å². The Morgan fingerprint density at radius 1 is 0.735 bits per heavy atom. The summed E-state index contributed by atoms with van der Waals surface area (Å²) in [4.78, 5) is 24.5. The molecule has 0 spiro atoms. The van der Waals surface area contributed by atoms with Crippen LogP contribution in [0.25, 0.3) is 0 Å². The van der Waals surface area contributed by atoms with Gasteiger partial charge >= 0.3 is 5.97 Å². The molecule has 0 fully saturated rings. The molecule has 3 atom stereocenters. The second-order valence-electron chi connectivity index (χ2n) is 9.65. The van der Waals surface area contributed by atoms with Gasteiger partial charge in [-0.05, 0) is 19.8 Å². The molecule has 2 N–H and O–H groups in total. The quantitative estimate of drug-likeness (QED) is 0.112. The third kappa shape index (κ3) is 18.2. The Kier molecular flexibility index (Phi) is 22.8. The first-order chi connectivity index (χ1) is 16.5. The number of rotatable bonds is 24. The van der Waals surface area contributed by atoms with Gasteiger partial charge in [0, 0.05) is 6.42 Å². The molecular formula is C28H54FNO4. The predicted molar refractivity (Wildman–Crippen MR) is 139 cm³/mol. The van der Waals surface area contributed by atoms with E-state index in [1.807, 2.05) is 0 Å². The minimum absolute atomic E-state index is 0.116. The molecule has 0 aliphatic heterocycles. The van der Waals surface area contributed by atoms with E-state index in [1.165, 1.54) is 51.4 Å². The fourth-order valence-corrected chi connectivity index (χ4v) is 4.21. The van der Waals surface area contributed by atoms with Crippen LogP contribution in [0.2, 0.25) is 0 Å². The first kappa shape index (κ1) is 32.8. The third-order valence-corrected chi connectivity index (χ3v) is 6.41. The zero-order valence-corrected chi connectivity index (χ0v) is 22.4. The van der Waals surface area contributed by atoms with Crippen molar-refractivity contribution in [2.45, 2.75) is 161 Å². The highest BCUT2D eigenvalue weighted by Gasteiger charge is 2.35. The molecule has 0 saturated carbocycles. The van der Waals surface area contributed by atoms with Crippen LogP contribution in [-0.2, 0) is 14.3 Å². The van der Waals surface area contributed by atoms with Gasteiger partial charge in [0.1, 0.15) is 12.3 Å². The van der Waals surface area contributed by atoms with Gasteiger partial charge in [0.05, 0.1) is 6.61 Å². The van der Waals surface area contributed by atoms with Gasteiger partial charge in [-0.2, -0.15) is 0 Å². The van der Waals surface area contributed by atoms with Gasteiger partial charge in [-0.1, -0.05) is 117 Å². The van der Waals surface area contributed by atoms with Crippen molar-refractivity contribution in [1.82, 2.24) is 5.32 Å². The minimum atomic E-state index is -1.59. The number of aliphatic hydroxyl groups excluding tert-OH is 1. The van der Waals surface area contributed by atoms with Gasteiger partial charge in [-0.25, -0.2) is 9.18 Å². The first-order valence-electron chi connectivity index (χ1n) is 14.3. The Morgan fingerprint density at radius 2 is 1.18 bits per heavy atom. The van der Waals surface area contributed by atoms with E-state index >= 15 is 0 Å². The topological polar surface area (TPSA) is 75.6 Å². The lowest BCUT2D eigenvalue weighted by Crippen LogP contribution is -2.52. The molecule has 0 aromatic carbocycles. The molecule has 0 aliphatic carbocycles. The molecule has 0 saturated heterocycles. The highest BCUT2D eigenvalue weighted by Crippen LogP contribution is 2.17. The maximum absolute atomic E-state index is 14.7. The van der Waals surface area contributed by atoms with E-state index in [9.17, 15) is 19.1 Å². The van der Waals surface area contributed by atoms with Crippen molar-refractivity contribution < 1.29 is 23.8 Å². The molecular weight excluding hydrogens is 433 g/mol. The lowest BCUT2D eigenvalue weighted by Gasteiger charge is -2.25. The van der Waals surface area contributed by atoms with E-state index in [1.54, 1.807) is 6.92 Å². The summed E-state index contributed by atoms with van der Waals surface area (Å²) in [5.74, 6) is -1.11. The molecule has 5 nitrogen and oxygen atoms in total. The number of halogens is 1. The lowest BCUT2D eigenvalue weighted by atomic mass is 9.99. The summed E-state index contributed by atoms with van der Waals surface area (Å²) < 4.78 is 19.7. The molecule has 0 aliphatic rings. The van der Waals surface area contributed by atoms with E-state index < -0.39 is 24.3 Å². The van der Waals surface area contributed by atoms with E-state index in [0.29, 0.717) is 6.42 Å². The second kappa shape index (κ2) is 23.6. The summed E-state index contributed by atoms with van der Waals surface area (Å²) >= 11 is 0. The Morgan fingerprint density at radius 3 is 1.65 bits per heavy atom. The van der Waals surface area contributed by atoms with Crippen LogP contribution >= 0.6 is 0 Å². The first-order valence-corrected chi connectivity index (χ1v) is 14.3. The summed E-state index contributed by atoms with van der Waals surface area (Å²) in [6.07, 6.45) is 16.6. The molecule has 0 radical (unpaired) electrons. The van der Waals surface area contributed by atoms with Crippen LogP contribution in [0.5, 0.6) is 0 Å². The number of alkyl halides is 1. The van der Waals surface area contributed by atoms with Crippen LogP contribution in [0, 0.1) is 0 Å². The van der Waals surface area contributed by atoms with Gasteiger partial charge < -0.3 is 15.2 Å². The average Bonchev–Trinajstić information content (AvgIpc) is 2.82. The Labute approximate surface area is 209 Å². The fourth-order valence-electron chi connectivity index (χ4n) is 4.21. The smallest absolute Gasteiger partial charge is 0.331 e. The summed E-state index contributed by atoms with van der Waals surface area (Å²) in [5, 5.41) is 13.0. The third-order valence-electron chi connectivity index (χ3n) is 6.41. The van der Waals surface area contributed by atoms with Gasteiger partial charge in [0.2, 0.25) is 5.91 Å². The number of amides is 1. The molecule has 0 unspecified atom stereocenters. The van der Waals surface area contributed by atoms with Gasteiger partial charge in [0.25, 0.3) is 0 Å². The van der Waals surface area contributed by atoms with Crippen molar-refractivity contribution in [2.24, 2.45) is 0 Å². The Bertz CT molecular complexity index is 489. The summed E-state index contributed by atoms with van der Waals surface area (Å²) in [6, 6.07) is -1.35. The summed E-state index contributed by atoms with van der Waals surface area (Å²) in [7, 11) is 0. The van der Waals surface area contributed by atoms with Crippen LogP contribution in [0.15, 0.2) is 0 Å². The van der Waals surface area contributed by atoms with Crippen LogP contribution in [0.3, 0.4) is 0 Å². The number of carbonyl (C=O) groups is 2. The van der Waals surface area contributed by atoms with E-state index in [-0.39, 0.29) is 25.4 Å². The number of unbranched alkanes of at least 4 members (excludes halogenated alkanes) is 15. The van der Waals surface area contributed by atoms with Crippen molar-refractivity contribution >= 4 is 11.9 Å². The number of hydrogen-bond acceptors (Lipinski definition) is 4.